The molecule has 0 aliphatic carbocycles. The summed E-state index contributed by atoms with van der Waals surface area (Å²) in [6.45, 7) is 2.47. The van der Waals surface area contributed by atoms with Gasteiger partial charge in [-0.15, -0.1) is 0 Å². The first-order valence-electron chi connectivity index (χ1n) is 11.7. The summed E-state index contributed by atoms with van der Waals surface area (Å²) in [7, 11) is 1.83. The lowest BCUT2D eigenvalue weighted by molar-refractivity contribution is 0.432. The van der Waals surface area contributed by atoms with Gasteiger partial charge in [-0.05, 0) is 41.3 Å². The molecule has 0 amide bonds. The van der Waals surface area contributed by atoms with Crippen LogP contribution in [-0.2, 0) is 7.05 Å². The van der Waals surface area contributed by atoms with Gasteiger partial charge in [-0.1, -0.05) is 68.0 Å². The molecule has 178 valence electrons. The highest BCUT2D eigenvalue weighted by atomic mass is 16.5. The summed E-state index contributed by atoms with van der Waals surface area (Å²) in [6, 6.07) is 23.0. The molecule has 6 nitrogen and oxygen atoms in total. The van der Waals surface area contributed by atoms with E-state index in [0.717, 1.165) is 46.4 Å². The van der Waals surface area contributed by atoms with Gasteiger partial charge in [-0.3, -0.25) is 0 Å². The third-order valence-electron chi connectivity index (χ3n) is 5.85. The number of aromatic nitrogens is 2. The number of hydrogen-bond donors (Lipinski definition) is 3. The minimum absolute atomic E-state index is 0.171. The van der Waals surface area contributed by atoms with Crippen molar-refractivity contribution in [3.63, 3.8) is 0 Å². The second-order valence-electron chi connectivity index (χ2n) is 8.31. The van der Waals surface area contributed by atoms with Crippen LogP contribution < -0.4 is 10.5 Å². The zero-order chi connectivity index (χ0) is 24.8. The number of nitrogens with two attached hydrogens (primary N) is 1. The Morgan fingerprint density at radius 2 is 1.86 bits per heavy atom. The van der Waals surface area contributed by atoms with Crippen molar-refractivity contribution in [2.45, 2.75) is 19.8 Å². The largest absolute Gasteiger partial charge is 0.507 e. The van der Waals surface area contributed by atoms with Gasteiger partial charge in [0.25, 0.3) is 0 Å². The molecule has 0 aliphatic rings. The van der Waals surface area contributed by atoms with Crippen molar-refractivity contribution < 1.29 is 9.84 Å². The lowest BCUT2D eigenvalue weighted by atomic mass is 9.97. The molecule has 4 N–H and O–H groups in total. The molecule has 1 aromatic heterocycles. The fourth-order valence-electron chi connectivity index (χ4n) is 3.95. The smallest absolute Gasteiger partial charge is 0.218 e. The normalized spacial score (nSPS) is 11.5. The molecule has 0 saturated carbocycles. The number of aryl methyl sites for hydroxylation is 1. The minimum Gasteiger partial charge on any atom is -0.507 e. The Labute approximate surface area is 205 Å². The minimum atomic E-state index is 0.171. The molecule has 35 heavy (non-hydrogen) atoms. The van der Waals surface area contributed by atoms with Crippen LogP contribution >= 0.6 is 0 Å². The van der Waals surface area contributed by atoms with Crippen molar-refractivity contribution >= 4 is 11.8 Å². The van der Waals surface area contributed by atoms with Gasteiger partial charge in [-0.2, -0.15) is 5.10 Å². The lowest BCUT2D eigenvalue weighted by Crippen LogP contribution is -2.03. The summed E-state index contributed by atoms with van der Waals surface area (Å²) in [6.07, 6.45) is 5.28. The molecule has 3 aromatic carbocycles. The number of benzene rings is 3. The number of phenolic OH excluding ortho intramolecular Hbond substituents is 1. The Balaban J connectivity index is 1.72. The van der Waals surface area contributed by atoms with E-state index < -0.39 is 0 Å². The van der Waals surface area contributed by atoms with Crippen molar-refractivity contribution in [1.82, 2.24) is 9.78 Å². The van der Waals surface area contributed by atoms with Gasteiger partial charge in [0.2, 0.25) is 5.88 Å². The van der Waals surface area contributed by atoms with Gasteiger partial charge in [-0.25, -0.2) is 4.68 Å². The van der Waals surface area contributed by atoms with Crippen LogP contribution in [0.2, 0.25) is 0 Å². The molecule has 6 heteroatoms. The number of ether oxygens (including phenoxy) is 1. The number of aromatic hydroxyl groups is 1. The molecule has 0 unspecified atom stereocenters. The van der Waals surface area contributed by atoms with Gasteiger partial charge in [0.05, 0.1) is 5.69 Å². The molecule has 0 bridgehead atoms. The van der Waals surface area contributed by atoms with Gasteiger partial charge in [0, 0.05) is 42.6 Å². The van der Waals surface area contributed by atoms with Crippen molar-refractivity contribution in [3.8, 4) is 39.8 Å². The van der Waals surface area contributed by atoms with Crippen LogP contribution in [0.5, 0.6) is 17.4 Å². The molecular weight excluding hydrogens is 436 g/mol. The average Bonchev–Trinajstić information content (AvgIpc) is 3.25. The summed E-state index contributed by atoms with van der Waals surface area (Å²) in [4.78, 5) is 0. The maximum absolute atomic E-state index is 10.8. The molecule has 0 radical (unpaired) electrons. The third kappa shape index (κ3) is 5.34. The lowest BCUT2D eigenvalue weighted by Gasteiger charge is -2.14. The van der Waals surface area contributed by atoms with Crippen LogP contribution in [0.4, 0.5) is 0 Å². The van der Waals surface area contributed by atoms with Gasteiger partial charge in [0.15, 0.2) is 0 Å². The standard InChI is InChI=1S/C29H30N4O2/c1-3-4-8-23(19-31)24-14-12-22(16-27(24)34)25-13-11-20(18-30)15-28(25)35-29-17-26(32-33(29)2)21-9-6-5-7-10-21/h5-18,30,34H,3-4,19,31H2,1-2H3/b23-8-,30-18?. The van der Waals surface area contributed by atoms with Crippen molar-refractivity contribution in [2.24, 2.45) is 12.8 Å². The monoisotopic (exact) mass is 466 g/mol. The maximum Gasteiger partial charge on any atom is 0.218 e. The average molecular weight is 467 g/mol. The van der Waals surface area contributed by atoms with E-state index >= 15 is 0 Å². The number of phenols is 1. The first kappa shape index (κ1) is 24.0. The number of hydrogen-bond acceptors (Lipinski definition) is 5. The zero-order valence-corrected chi connectivity index (χ0v) is 20.0. The molecule has 0 aliphatic heterocycles. The topological polar surface area (TPSA) is 97.2 Å². The molecular formula is C29H30N4O2. The van der Waals surface area contributed by atoms with Crippen LogP contribution in [0.3, 0.4) is 0 Å². The number of rotatable bonds is 9. The molecule has 0 saturated heterocycles. The van der Waals surface area contributed by atoms with Gasteiger partial charge >= 0.3 is 0 Å². The Morgan fingerprint density at radius 1 is 1.06 bits per heavy atom. The van der Waals surface area contributed by atoms with Crippen LogP contribution in [0.1, 0.15) is 30.9 Å². The fraction of sp³-hybridized carbons (Fsp3) is 0.172. The zero-order valence-electron chi connectivity index (χ0n) is 20.0. The Morgan fingerprint density at radius 3 is 2.54 bits per heavy atom. The van der Waals surface area contributed by atoms with Crippen molar-refractivity contribution in [1.29, 1.82) is 5.41 Å². The highest BCUT2D eigenvalue weighted by Crippen LogP contribution is 2.38. The molecule has 0 spiro atoms. The van der Waals surface area contributed by atoms with E-state index in [4.69, 9.17) is 15.9 Å². The first-order chi connectivity index (χ1) is 17.0. The van der Waals surface area contributed by atoms with Gasteiger partial charge < -0.3 is 21.0 Å². The number of nitrogens with zero attached hydrogens (tertiary/aromatic N) is 2. The predicted octanol–water partition coefficient (Wildman–Crippen LogP) is 6.39. The third-order valence-corrected chi connectivity index (χ3v) is 5.85. The Hall–Kier alpha value is -4.16. The summed E-state index contributed by atoms with van der Waals surface area (Å²) in [5, 5.41) is 23.1. The highest BCUT2D eigenvalue weighted by Gasteiger charge is 2.15. The van der Waals surface area contributed by atoms with E-state index in [0.29, 0.717) is 23.7 Å². The second kappa shape index (κ2) is 10.8. The van der Waals surface area contributed by atoms with Crippen LogP contribution in [0, 0.1) is 5.41 Å². The second-order valence-corrected chi connectivity index (χ2v) is 8.31. The van der Waals surface area contributed by atoms with Gasteiger partial charge in [0.1, 0.15) is 11.5 Å². The van der Waals surface area contributed by atoms with E-state index in [1.165, 1.54) is 6.21 Å². The summed E-state index contributed by atoms with van der Waals surface area (Å²) in [5.74, 6) is 1.31. The number of nitrogens with one attached hydrogen (secondary N) is 1. The van der Waals surface area contributed by atoms with E-state index in [2.05, 4.69) is 18.1 Å². The van der Waals surface area contributed by atoms with Crippen molar-refractivity contribution in [3.05, 3.63) is 90.0 Å². The van der Waals surface area contributed by atoms with E-state index in [9.17, 15) is 5.11 Å². The highest BCUT2D eigenvalue weighted by molar-refractivity contribution is 5.83. The summed E-state index contributed by atoms with van der Waals surface area (Å²) in [5.41, 5.74) is 11.7. The Kier molecular flexibility index (Phi) is 7.43. The first-order valence-corrected chi connectivity index (χ1v) is 11.7. The quantitative estimate of drug-likeness (QED) is 0.249. The summed E-state index contributed by atoms with van der Waals surface area (Å²) < 4.78 is 8.01. The maximum atomic E-state index is 10.8. The van der Waals surface area contributed by atoms with Crippen LogP contribution in [0.15, 0.2) is 78.9 Å². The van der Waals surface area contributed by atoms with Crippen molar-refractivity contribution in [2.75, 3.05) is 6.54 Å². The molecule has 0 atom stereocenters. The molecule has 4 aromatic rings. The predicted molar refractivity (Wildman–Crippen MR) is 142 cm³/mol. The molecule has 1 heterocycles. The van der Waals surface area contributed by atoms with E-state index in [-0.39, 0.29) is 5.75 Å². The number of unbranched alkanes of at least 4 members (excludes halogenated alkanes) is 1. The number of allylic oxidation sites excluding steroid dienone is 1. The molecule has 4 rings (SSSR count). The van der Waals surface area contributed by atoms with Crippen LogP contribution in [-0.4, -0.2) is 27.6 Å². The fourth-order valence-corrected chi connectivity index (χ4v) is 3.95. The van der Waals surface area contributed by atoms with E-state index in [1.54, 1.807) is 10.7 Å². The van der Waals surface area contributed by atoms with E-state index in [1.807, 2.05) is 73.8 Å². The SMILES string of the molecule is CCC/C=C(/CN)c1ccc(-c2ccc(C=N)cc2Oc2cc(-c3ccccc3)nn2C)cc1O. The van der Waals surface area contributed by atoms with Crippen LogP contribution in [0.25, 0.3) is 28.0 Å². The summed E-state index contributed by atoms with van der Waals surface area (Å²) >= 11 is 0. The molecule has 0 fully saturated rings. The Bertz CT molecular complexity index is 1360.